The van der Waals surface area contributed by atoms with E-state index in [4.69, 9.17) is 23.2 Å². The van der Waals surface area contributed by atoms with Crippen LogP contribution >= 0.6 is 0 Å². The molecule has 0 radical (unpaired) electrons. The SMILES string of the molecule is [2H]c1c([2H])c(-c2nc(N3c4ccncc4C4(C)CCCCC34C)nc(-n3c4ccccc4c4cc(-n5c6ccccc6c6ccccc65)ccc43)n2)c([2H])c(-n2c3c([2H])c([2H])c([2H])c([2H])c3c3c([2H])c([2H])c([2H])c([2H])c32)c1[2H]. The summed E-state index contributed by atoms with van der Waals surface area (Å²) >= 11 is 0. The molecule has 12 aromatic rings. The summed E-state index contributed by atoms with van der Waals surface area (Å²) in [5.74, 6) is 0.0995. The number of fused-ring (bicyclic) bond motifs is 12. The van der Waals surface area contributed by atoms with Crippen LogP contribution in [0.15, 0.2) is 182 Å². The summed E-state index contributed by atoms with van der Waals surface area (Å²) in [6, 6.07) is 25.0. The molecule has 1 fully saturated rings. The smallest absolute Gasteiger partial charge is 0.240 e. The van der Waals surface area contributed by atoms with Crippen molar-refractivity contribution in [3.63, 3.8) is 0 Å². The molecule has 8 heteroatoms. The number of nitrogens with zero attached hydrogens (tertiary/aromatic N) is 8. The number of aromatic nitrogens is 7. The molecule has 0 N–H and O–H groups in total. The molecular formula is C58H44N8. The number of para-hydroxylation sites is 5. The van der Waals surface area contributed by atoms with Gasteiger partial charge in [0.05, 0.1) is 60.8 Å². The van der Waals surface area contributed by atoms with Crippen LogP contribution in [0.25, 0.3) is 94.1 Å². The largest absolute Gasteiger partial charge is 0.309 e. The van der Waals surface area contributed by atoms with E-state index >= 15 is 0 Å². The van der Waals surface area contributed by atoms with Gasteiger partial charge in [-0.1, -0.05) is 123 Å². The molecule has 8 nitrogen and oxygen atoms in total. The van der Waals surface area contributed by atoms with Crippen molar-refractivity contribution < 1.29 is 16.4 Å². The van der Waals surface area contributed by atoms with Gasteiger partial charge in [-0.05, 0) is 86.4 Å². The Morgan fingerprint density at radius 2 is 1.12 bits per heavy atom. The lowest BCUT2D eigenvalue weighted by Gasteiger charge is -2.49. The van der Waals surface area contributed by atoms with Gasteiger partial charge in [0.2, 0.25) is 11.9 Å². The molecule has 0 saturated heterocycles. The van der Waals surface area contributed by atoms with E-state index in [9.17, 15) is 8.22 Å². The fourth-order valence-corrected chi connectivity index (χ4v) is 11.3. The average Bonchev–Trinajstić information content (AvgIpc) is 4.20. The summed E-state index contributed by atoms with van der Waals surface area (Å²) in [4.78, 5) is 22.5. The lowest BCUT2D eigenvalue weighted by molar-refractivity contribution is 0.193. The lowest BCUT2D eigenvalue weighted by Crippen LogP contribution is -2.55. The second-order valence-electron chi connectivity index (χ2n) is 17.7. The van der Waals surface area contributed by atoms with Gasteiger partial charge >= 0.3 is 0 Å². The van der Waals surface area contributed by atoms with Crippen molar-refractivity contribution in [2.45, 2.75) is 50.5 Å². The summed E-state index contributed by atoms with van der Waals surface area (Å²) in [5.41, 5.74) is 3.86. The highest BCUT2D eigenvalue weighted by Crippen LogP contribution is 2.60. The number of benzene rings is 7. The van der Waals surface area contributed by atoms with Crippen LogP contribution in [-0.2, 0) is 5.41 Å². The summed E-state index contributed by atoms with van der Waals surface area (Å²) < 4.78 is 115. The molecule has 0 bridgehead atoms. The van der Waals surface area contributed by atoms with E-state index in [-0.39, 0.29) is 45.1 Å². The van der Waals surface area contributed by atoms with Gasteiger partial charge < -0.3 is 14.0 Å². The van der Waals surface area contributed by atoms with E-state index < -0.39 is 89.2 Å². The molecule has 6 heterocycles. The van der Waals surface area contributed by atoms with Crippen LogP contribution < -0.4 is 4.90 Å². The molecule has 2 unspecified atom stereocenters. The minimum Gasteiger partial charge on any atom is -0.309 e. The zero-order chi connectivity index (χ0) is 54.2. The van der Waals surface area contributed by atoms with Gasteiger partial charge in [0.15, 0.2) is 5.82 Å². The van der Waals surface area contributed by atoms with E-state index in [0.717, 1.165) is 90.8 Å². The third-order valence-corrected chi connectivity index (χ3v) is 14.5. The molecule has 2 atom stereocenters. The van der Waals surface area contributed by atoms with Gasteiger partial charge in [-0.25, -0.2) is 0 Å². The molecule has 2 aliphatic rings. The van der Waals surface area contributed by atoms with E-state index in [1.54, 1.807) is 6.20 Å². The molecule has 0 spiro atoms. The van der Waals surface area contributed by atoms with E-state index in [1.807, 2.05) is 71.4 Å². The van der Waals surface area contributed by atoms with Gasteiger partial charge in [0, 0.05) is 72.6 Å². The van der Waals surface area contributed by atoms with Crippen molar-refractivity contribution in [1.82, 2.24) is 33.6 Å². The Hall–Kier alpha value is -8.10. The lowest BCUT2D eigenvalue weighted by atomic mass is 9.62. The van der Waals surface area contributed by atoms with Gasteiger partial charge in [-0.2, -0.15) is 15.0 Å². The van der Waals surface area contributed by atoms with Crippen molar-refractivity contribution in [3.05, 3.63) is 188 Å². The number of pyridine rings is 1. The number of hydrogen-bond acceptors (Lipinski definition) is 5. The highest BCUT2D eigenvalue weighted by atomic mass is 15.4. The molecule has 1 aliphatic carbocycles. The maximum absolute atomic E-state index is 10.2. The van der Waals surface area contributed by atoms with Crippen LogP contribution in [0.1, 0.15) is 61.5 Å². The number of anilines is 2. The van der Waals surface area contributed by atoms with Crippen LogP contribution in [-0.4, -0.2) is 39.2 Å². The molecule has 14 rings (SSSR count). The molecule has 66 heavy (non-hydrogen) atoms. The fourth-order valence-electron chi connectivity index (χ4n) is 11.3. The van der Waals surface area contributed by atoms with Crippen LogP contribution in [0.5, 0.6) is 0 Å². The molecule has 316 valence electrons. The van der Waals surface area contributed by atoms with Gasteiger partial charge in [0.1, 0.15) is 0 Å². The second kappa shape index (κ2) is 13.7. The fraction of sp³-hybridized carbons (Fsp3) is 0.138. The molecule has 0 amide bonds. The summed E-state index contributed by atoms with van der Waals surface area (Å²) in [5, 5.41) is 3.50. The zero-order valence-corrected chi connectivity index (χ0v) is 35.8. The monoisotopic (exact) mass is 864 g/mol. The molecule has 7 aromatic carbocycles. The predicted molar refractivity (Wildman–Crippen MR) is 269 cm³/mol. The predicted octanol–water partition coefficient (Wildman–Crippen LogP) is 14.0. The Morgan fingerprint density at radius 1 is 0.515 bits per heavy atom. The standard InChI is InChI=1S/C58H44N8/c1-57-31-13-14-32-58(57,2)66(53-30-33-59-36-46(53)57)56-61-54(37-16-15-17-38(34-37)63-47-23-8-3-18-40(47)41-19-4-9-24-48(41)63)60-55(62-56)65-51-27-12-7-22-44(51)45-35-39(28-29-52(45)65)64-49-25-10-5-20-42(49)43-21-6-11-26-50(43)64/h3-12,15-30,33-36H,13-14,31-32H2,1-2H3/i3D,4D,8D,9D,15D,16D,17D,18D,19D,23D,24D,34D. The van der Waals surface area contributed by atoms with Crippen molar-refractivity contribution in [2.75, 3.05) is 4.90 Å². The average molecular weight is 865 g/mol. The number of hydrogen-bond donors (Lipinski definition) is 0. The normalized spacial score (nSPS) is 20.8. The van der Waals surface area contributed by atoms with Crippen molar-refractivity contribution in [3.8, 4) is 28.7 Å². The Morgan fingerprint density at radius 3 is 1.85 bits per heavy atom. The van der Waals surface area contributed by atoms with E-state index in [2.05, 4.69) is 64.7 Å². The molecule has 1 saturated carbocycles. The molecule has 5 aromatic heterocycles. The third-order valence-electron chi connectivity index (χ3n) is 14.5. The Kier molecular flexibility index (Phi) is 5.66. The topological polar surface area (TPSA) is 69.6 Å². The Bertz CT molecular complexity index is 4550. The van der Waals surface area contributed by atoms with Crippen LogP contribution in [0.2, 0.25) is 0 Å². The number of rotatable bonds is 5. The summed E-state index contributed by atoms with van der Waals surface area (Å²) in [7, 11) is 0. The van der Waals surface area contributed by atoms with Crippen molar-refractivity contribution in [1.29, 1.82) is 0 Å². The van der Waals surface area contributed by atoms with Crippen molar-refractivity contribution in [2.24, 2.45) is 0 Å². The minimum absolute atomic E-state index is 0.122. The second-order valence-corrected chi connectivity index (χ2v) is 17.7. The maximum Gasteiger partial charge on any atom is 0.240 e. The van der Waals surface area contributed by atoms with E-state index in [0.29, 0.717) is 0 Å². The molecule has 1 aliphatic heterocycles. The highest BCUT2D eigenvalue weighted by Gasteiger charge is 2.58. The Balaban J connectivity index is 1.09. The third kappa shape index (κ3) is 5.04. The first kappa shape index (κ1) is 27.3. The van der Waals surface area contributed by atoms with Gasteiger partial charge in [-0.15, -0.1) is 0 Å². The van der Waals surface area contributed by atoms with Crippen LogP contribution in [0.4, 0.5) is 11.6 Å². The van der Waals surface area contributed by atoms with Crippen LogP contribution in [0.3, 0.4) is 0 Å². The minimum atomic E-state index is -0.699. The quantitative estimate of drug-likeness (QED) is 0.172. The zero-order valence-electron chi connectivity index (χ0n) is 47.8. The van der Waals surface area contributed by atoms with E-state index in [1.165, 1.54) is 0 Å². The maximum atomic E-state index is 10.2. The first-order valence-corrected chi connectivity index (χ1v) is 22.1. The van der Waals surface area contributed by atoms with Gasteiger partial charge in [-0.3, -0.25) is 9.55 Å². The summed E-state index contributed by atoms with van der Waals surface area (Å²) in [6.07, 6.45) is 7.13. The first-order chi connectivity index (χ1) is 37.5. The highest BCUT2D eigenvalue weighted by molar-refractivity contribution is 6.12. The van der Waals surface area contributed by atoms with Crippen molar-refractivity contribution >= 4 is 77.1 Å². The van der Waals surface area contributed by atoms with Gasteiger partial charge in [0.25, 0.3) is 0 Å². The first-order valence-electron chi connectivity index (χ1n) is 28.1. The Labute approximate surface area is 397 Å². The van der Waals surface area contributed by atoms with Crippen LogP contribution in [0, 0.1) is 0 Å². The molecular weight excluding hydrogens is 809 g/mol. The summed E-state index contributed by atoms with van der Waals surface area (Å²) in [6.45, 7) is 4.43.